The Balaban J connectivity index is 1.75. The van der Waals surface area contributed by atoms with Gasteiger partial charge in [0.2, 0.25) is 5.91 Å². The predicted molar refractivity (Wildman–Crippen MR) is 106 cm³/mol. The van der Waals surface area contributed by atoms with Crippen LogP contribution in [0.2, 0.25) is 0 Å². The molecule has 1 unspecified atom stereocenters. The van der Waals surface area contributed by atoms with Crippen molar-refractivity contribution in [1.82, 2.24) is 10.2 Å². The van der Waals surface area contributed by atoms with E-state index in [1.165, 1.54) is 42.0 Å². The lowest BCUT2D eigenvalue weighted by atomic mass is 10.0. The fourth-order valence-corrected chi connectivity index (χ4v) is 4.57. The third kappa shape index (κ3) is 3.68. The number of hydrogen-bond donors (Lipinski definition) is 4. The minimum Gasteiger partial charge on any atom is -0.504 e. The molecule has 1 fully saturated rings. The maximum Gasteiger partial charge on any atom is 0.352 e. The minimum atomic E-state index is -1.19. The zero-order chi connectivity index (χ0) is 21.3. The number of carbonyl (C=O) groups is 3. The van der Waals surface area contributed by atoms with Crippen molar-refractivity contribution in [3.8, 4) is 11.5 Å². The van der Waals surface area contributed by atoms with Crippen LogP contribution in [0, 0.1) is 0 Å². The molecule has 1 aromatic rings. The van der Waals surface area contributed by atoms with Crippen molar-refractivity contribution >= 4 is 29.5 Å². The van der Waals surface area contributed by atoms with E-state index in [4.69, 9.17) is 10.5 Å². The lowest BCUT2D eigenvalue weighted by Gasteiger charge is -2.49. The van der Waals surface area contributed by atoms with Gasteiger partial charge in [-0.2, -0.15) is 0 Å². The first-order chi connectivity index (χ1) is 13.8. The van der Waals surface area contributed by atoms with Gasteiger partial charge < -0.3 is 26.0 Å². The van der Waals surface area contributed by atoms with Crippen LogP contribution < -0.4 is 15.8 Å². The Hall–Kier alpha value is -2.98. The van der Waals surface area contributed by atoms with E-state index >= 15 is 0 Å². The van der Waals surface area contributed by atoms with Crippen molar-refractivity contribution in [2.75, 3.05) is 12.9 Å². The van der Waals surface area contributed by atoms with Gasteiger partial charge in [0.25, 0.3) is 5.91 Å². The molecule has 2 heterocycles. The summed E-state index contributed by atoms with van der Waals surface area (Å²) in [6.45, 7) is 1.77. The fraction of sp³-hybridized carbons (Fsp3) is 0.316. The number of benzene rings is 1. The van der Waals surface area contributed by atoms with E-state index in [0.717, 1.165) is 0 Å². The van der Waals surface area contributed by atoms with Gasteiger partial charge in [0, 0.05) is 5.75 Å². The molecule has 10 heteroatoms. The fourth-order valence-electron chi connectivity index (χ4n) is 3.25. The summed E-state index contributed by atoms with van der Waals surface area (Å²) in [7, 11) is 1.38. The number of thioether (sulfide) groups is 1. The number of rotatable bonds is 6. The quantitative estimate of drug-likeness (QED) is 0.494. The molecule has 0 spiro atoms. The summed E-state index contributed by atoms with van der Waals surface area (Å²) >= 11 is 1.38. The van der Waals surface area contributed by atoms with Gasteiger partial charge in [-0.15, -0.1) is 11.8 Å². The molecule has 2 amide bonds. The number of phenolic OH excluding ortho intramolecular Hbond substituents is 1. The smallest absolute Gasteiger partial charge is 0.352 e. The Bertz CT molecular complexity index is 929. The first-order valence-electron chi connectivity index (χ1n) is 8.76. The van der Waals surface area contributed by atoms with Crippen LogP contribution in [0.15, 0.2) is 41.6 Å². The Kier molecular flexibility index (Phi) is 5.85. The van der Waals surface area contributed by atoms with E-state index in [2.05, 4.69) is 5.32 Å². The molecule has 5 N–H and O–H groups in total. The van der Waals surface area contributed by atoms with E-state index < -0.39 is 35.2 Å². The van der Waals surface area contributed by atoms with Gasteiger partial charge in [-0.1, -0.05) is 18.2 Å². The SMILES string of the molecule is C/C=C\C1=C(C(=O)O)N2C(=O)[C@@H](NC(=O)C(N)c3ccc(O)c(OC)c3)[C@H]2SC1. The number of nitrogens with zero attached hydrogens (tertiary/aromatic N) is 1. The summed E-state index contributed by atoms with van der Waals surface area (Å²) in [6.07, 6.45) is 3.38. The second-order valence-corrected chi connectivity index (χ2v) is 7.59. The van der Waals surface area contributed by atoms with Crippen LogP contribution in [0.1, 0.15) is 18.5 Å². The van der Waals surface area contributed by atoms with Crippen LogP contribution in [0.25, 0.3) is 0 Å². The van der Waals surface area contributed by atoms with Crippen molar-refractivity contribution < 1.29 is 29.3 Å². The number of nitrogens with two attached hydrogens (primary N) is 1. The molecule has 9 nitrogen and oxygen atoms in total. The van der Waals surface area contributed by atoms with Gasteiger partial charge in [0.05, 0.1) is 7.11 Å². The summed E-state index contributed by atoms with van der Waals surface area (Å²) in [5.74, 6) is -1.77. The van der Waals surface area contributed by atoms with Crippen molar-refractivity contribution in [3.05, 3.63) is 47.2 Å². The number of carboxylic acids is 1. The molecule has 0 radical (unpaired) electrons. The Labute approximate surface area is 171 Å². The standard InChI is InChI=1S/C19H21N3O6S/c1-3-4-10-8-29-18-14(17(25)22(18)15(10)19(26)27)21-16(24)13(20)9-5-6-11(23)12(7-9)28-2/h3-7,13-14,18,23H,8,20H2,1-2H3,(H,21,24)(H,26,27)/b4-3-/t13?,14-,18-/m1/s1. The van der Waals surface area contributed by atoms with Gasteiger partial charge in [0.15, 0.2) is 11.5 Å². The van der Waals surface area contributed by atoms with Crippen LogP contribution in [0.4, 0.5) is 0 Å². The number of allylic oxidation sites excluding steroid dienone is 2. The largest absolute Gasteiger partial charge is 0.504 e. The van der Waals surface area contributed by atoms with Crippen molar-refractivity contribution in [3.63, 3.8) is 0 Å². The number of methoxy groups -OCH3 is 1. The summed E-state index contributed by atoms with van der Waals surface area (Å²) in [4.78, 5) is 38.0. The highest BCUT2D eigenvalue weighted by Crippen LogP contribution is 2.40. The number of β-lactam (4-membered cyclic amide) rings is 1. The van der Waals surface area contributed by atoms with Crippen molar-refractivity contribution in [2.24, 2.45) is 5.73 Å². The number of hydrogen-bond acceptors (Lipinski definition) is 7. The third-order valence-corrected chi connectivity index (χ3v) is 6.01. The molecule has 0 bridgehead atoms. The first kappa shape index (κ1) is 20.7. The Morgan fingerprint density at radius 2 is 2.17 bits per heavy atom. The van der Waals surface area contributed by atoms with Crippen LogP contribution in [0.5, 0.6) is 11.5 Å². The average Bonchev–Trinajstić information content (AvgIpc) is 2.71. The third-order valence-electron chi connectivity index (χ3n) is 4.71. The molecule has 0 saturated carbocycles. The molecule has 2 aliphatic rings. The molecule has 2 aliphatic heterocycles. The molecule has 1 saturated heterocycles. The summed E-state index contributed by atoms with van der Waals surface area (Å²) in [5.41, 5.74) is 6.89. The summed E-state index contributed by atoms with van der Waals surface area (Å²) in [5, 5.41) is 21.3. The number of amides is 2. The highest BCUT2D eigenvalue weighted by atomic mass is 32.2. The second-order valence-electron chi connectivity index (χ2n) is 6.48. The monoisotopic (exact) mass is 419 g/mol. The van der Waals surface area contributed by atoms with E-state index in [1.54, 1.807) is 19.1 Å². The van der Waals surface area contributed by atoms with Crippen molar-refractivity contribution in [1.29, 1.82) is 0 Å². The van der Waals surface area contributed by atoms with Crippen LogP contribution in [-0.2, 0) is 14.4 Å². The first-order valence-corrected chi connectivity index (χ1v) is 9.81. The zero-order valence-electron chi connectivity index (χ0n) is 15.8. The lowest BCUT2D eigenvalue weighted by Crippen LogP contribution is -2.71. The molecular formula is C19H21N3O6S. The van der Waals surface area contributed by atoms with E-state index in [-0.39, 0.29) is 17.2 Å². The molecule has 0 aliphatic carbocycles. The summed E-state index contributed by atoms with van der Waals surface area (Å²) in [6, 6.07) is 2.34. The number of aromatic hydroxyl groups is 1. The molecule has 1 aromatic carbocycles. The minimum absolute atomic E-state index is 0.0603. The Morgan fingerprint density at radius 3 is 2.79 bits per heavy atom. The number of nitrogens with one attached hydrogen (secondary N) is 1. The number of phenols is 1. The Morgan fingerprint density at radius 1 is 1.45 bits per heavy atom. The molecule has 29 heavy (non-hydrogen) atoms. The molecule has 0 aromatic heterocycles. The van der Waals surface area contributed by atoms with Crippen LogP contribution in [-0.4, -0.2) is 57.2 Å². The van der Waals surface area contributed by atoms with Crippen LogP contribution in [0.3, 0.4) is 0 Å². The number of carboxylic acid groups (broad SMARTS) is 1. The van der Waals surface area contributed by atoms with Gasteiger partial charge in [-0.25, -0.2) is 4.79 Å². The second kappa shape index (κ2) is 8.18. The lowest BCUT2D eigenvalue weighted by molar-refractivity contribution is -0.150. The zero-order valence-corrected chi connectivity index (χ0v) is 16.6. The molecular weight excluding hydrogens is 398 g/mol. The highest BCUT2D eigenvalue weighted by molar-refractivity contribution is 8.00. The number of fused-ring (bicyclic) bond motifs is 1. The predicted octanol–water partition coefficient (Wildman–Crippen LogP) is 0.715. The molecule has 154 valence electrons. The number of carbonyl (C=O) groups excluding carboxylic acids is 2. The molecule has 3 rings (SSSR count). The van der Waals surface area contributed by atoms with E-state index in [0.29, 0.717) is 16.9 Å². The molecule has 3 atom stereocenters. The highest BCUT2D eigenvalue weighted by Gasteiger charge is 2.54. The maximum absolute atomic E-state index is 12.6. The maximum atomic E-state index is 12.6. The number of ether oxygens (including phenoxy) is 1. The van der Waals surface area contributed by atoms with E-state index in [9.17, 15) is 24.6 Å². The van der Waals surface area contributed by atoms with Gasteiger partial charge in [-0.3, -0.25) is 14.5 Å². The van der Waals surface area contributed by atoms with Crippen molar-refractivity contribution in [2.45, 2.75) is 24.4 Å². The van der Waals surface area contributed by atoms with Gasteiger partial charge >= 0.3 is 5.97 Å². The topological polar surface area (TPSA) is 142 Å². The van der Waals surface area contributed by atoms with Gasteiger partial charge in [0.1, 0.15) is 23.2 Å². The van der Waals surface area contributed by atoms with Crippen LogP contribution >= 0.6 is 11.8 Å². The van der Waals surface area contributed by atoms with E-state index in [1.807, 2.05) is 0 Å². The average molecular weight is 419 g/mol. The number of aliphatic carboxylic acids is 1. The summed E-state index contributed by atoms with van der Waals surface area (Å²) < 4.78 is 5.01. The normalized spacial score (nSPS) is 22.2. The van der Waals surface area contributed by atoms with Gasteiger partial charge in [-0.05, 0) is 30.2 Å².